The molecule has 0 aliphatic rings. The number of aliphatic carboxylic acids is 1. The fourth-order valence-corrected chi connectivity index (χ4v) is 6.11. The maximum atomic E-state index is 15.7. The minimum Gasteiger partial charge on any atom is -0.481 e. The number of carbonyl (C=O) groups is 3. The molecule has 0 saturated carbocycles. The number of hydrogen-bond donors (Lipinski definition) is 3. The van der Waals surface area contributed by atoms with Gasteiger partial charge in [-0.25, -0.2) is 4.39 Å². The van der Waals surface area contributed by atoms with Gasteiger partial charge in [-0.1, -0.05) is 61.4 Å². The van der Waals surface area contributed by atoms with Crippen LogP contribution in [-0.2, 0) is 4.79 Å². The Morgan fingerprint density at radius 3 is 2.00 bits per heavy atom. The van der Waals surface area contributed by atoms with E-state index in [4.69, 9.17) is 5.11 Å². The molecule has 258 valence electrons. The van der Waals surface area contributed by atoms with Gasteiger partial charge in [-0.15, -0.1) is 13.2 Å². The summed E-state index contributed by atoms with van der Waals surface area (Å²) in [7, 11) is 0. The summed E-state index contributed by atoms with van der Waals surface area (Å²) in [6, 6.07) is 19.3. The van der Waals surface area contributed by atoms with Crippen molar-refractivity contribution in [3.63, 3.8) is 0 Å². The van der Waals surface area contributed by atoms with Crippen molar-refractivity contribution in [2.24, 2.45) is 0 Å². The number of carbonyl (C=O) groups excluding carboxylic acids is 2. The Labute approximate surface area is 282 Å². The molecular weight excluding hydrogens is 640 g/mol. The van der Waals surface area contributed by atoms with E-state index in [1.54, 1.807) is 30.3 Å². The minimum atomic E-state index is -4.89. The SMILES string of the molecule is CCC[C@@H](c1ccc(C(=O)NCCC(=O)O)cc1)[C@H](NC(=O)c1ccc(-c2c(C)cc(C)cc2C)cc1F)c1ccc(OC(F)(F)F)cc1. The molecule has 0 fully saturated rings. The van der Waals surface area contributed by atoms with Crippen molar-refractivity contribution in [3.8, 4) is 16.9 Å². The summed E-state index contributed by atoms with van der Waals surface area (Å²) in [4.78, 5) is 37.1. The largest absolute Gasteiger partial charge is 0.573 e. The highest BCUT2D eigenvalue weighted by molar-refractivity contribution is 5.96. The van der Waals surface area contributed by atoms with E-state index in [0.29, 0.717) is 35.1 Å². The van der Waals surface area contributed by atoms with Gasteiger partial charge in [0.15, 0.2) is 0 Å². The van der Waals surface area contributed by atoms with E-state index >= 15 is 4.39 Å². The van der Waals surface area contributed by atoms with Crippen LogP contribution in [0.1, 0.15) is 86.7 Å². The molecule has 0 aliphatic heterocycles. The third-order valence-electron chi connectivity index (χ3n) is 8.17. The average Bonchev–Trinajstić information content (AvgIpc) is 3.02. The zero-order valence-corrected chi connectivity index (χ0v) is 27.6. The Kier molecular flexibility index (Phi) is 11.8. The van der Waals surface area contributed by atoms with Crippen molar-refractivity contribution in [2.45, 2.75) is 65.3 Å². The lowest BCUT2D eigenvalue weighted by Gasteiger charge is -2.29. The smallest absolute Gasteiger partial charge is 0.481 e. The van der Waals surface area contributed by atoms with Crippen molar-refractivity contribution in [1.82, 2.24) is 10.6 Å². The van der Waals surface area contributed by atoms with Crippen molar-refractivity contribution in [3.05, 3.63) is 124 Å². The number of carboxylic acids is 1. The summed E-state index contributed by atoms with van der Waals surface area (Å²) in [6.45, 7) is 7.75. The number of aryl methyl sites for hydroxylation is 3. The second-order valence-electron chi connectivity index (χ2n) is 12.0. The standard InChI is InChI=1S/C38H38F4N2O5/c1-5-6-30(25-7-9-27(10-8-25)36(47)43-18-17-33(45)46)35(26-11-14-29(15-12-26)49-38(40,41)42)44-37(48)31-16-13-28(21-32(31)39)34-23(3)19-22(2)20-24(34)4/h7-16,19-21,30,35H,5-6,17-18H2,1-4H3,(H,43,47)(H,44,48)(H,45,46)/t30-,35+/m0/s1. The third-order valence-corrected chi connectivity index (χ3v) is 8.17. The number of carboxylic acid groups (broad SMARTS) is 1. The molecule has 2 atom stereocenters. The van der Waals surface area contributed by atoms with E-state index in [1.165, 1.54) is 24.3 Å². The molecule has 4 aromatic rings. The maximum absolute atomic E-state index is 15.7. The van der Waals surface area contributed by atoms with Gasteiger partial charge in [-0.2, -0.15) is 0 Å². The average molecular weight is 679 g/mol. The van der Waals surface area contributed by atoms with Crippen molar-refractivity contribution >= 4 is 17.8 Å². The van der Waals surface area contributed by atoms with Crippen LogP contribution in [0.2, 0.25) is 0 Å². The van der Waals surface area contributed by atoms with Gasteiger partial charge in [0.25, 0.3) is 11.8 Å². The molecule has 4 rings (SSSR count). The van der Waals surface area contributed by atoms with Gasteiger partial charge >= 0.3 is 12.3 Å². The highest BCUT2D eigenvalue weighted by Gasteiger charge is 2.32. The normalized spacial score (nSPS) is 12.6. The molecule has 2 amide bonds. The van der Waals surface area contributed by atoms with E-state index in [2.05, 4.69) is 15.4 Å². The highest BCUT2D eigenvalue weighted by Crippen LogP contribution is 2.37. The van der Waals surface area contributed by atoms with Crippen LogP contribution in [0.3, 0.4) is 0 Å². The van der Waals surface area contributed by atoms with E-state index in [0.717, 1.165) is 34.4 Å². The minimum absolute atomic E-state index is 0.0433. The zero-order valence-electron chi connectivity index (χ0n) is 27.6. The van der Waals surface area contributed by atoms with Crippen LogP contribution in [0.15, 0.2) is 78.9 Å². The van der Waals surface area contributed by atoms with E-state index in [-0.39, 0.29) is 18.5 Å². The number of halogens is 4. The first-order chi connectivity index (χ1) is 23.2. The lowest BCUT2D eigenvalue weighted by atomic mass is 9.83. The highest BCUT2D eigenvalue weighted by atomic mass is 19.4. The lowest BCUT2D eigenvalue weighted by Crippen LogP contribution is -2.33. The molecule has 0 heterocycles. The van der Waals surface area contributed by atoms with Gasteiger partial charge in [0.2, 0.25) is 0 Å². The molecule has 0 saturated heterocycles. The molecule has 0 bridgehead atoms. The van der Waals surface area contributed by atoms with Crippen LogP contribution >= 0.6 is 0 Å². The van der Waals surface area contributed by atoms with Crippen molar-refractivity contribution in [1.29, 1.82) is 0 Å². The Balaban J connectivity index is 1.68. The molecule has 4 aromatic carbocycles. The molecule has 11 heteroatoms. The Hall–Kier alpha value is -5.19. The van der Waals surface area contributed by atoms with E-state index in [1.807, 2.05) is 39.8 Å². The lowest BCUT2D eigenvalue weighted by molar-refractivity contribution is -0.274. The first kappa shape index (κ1) is 36.6. The van der Waals surface area contributed by atoms with Gasteiger partial charge in [0.05, 0.1) is 18.0 Å². The number of amides is 2. The van der Waals surface area contributed by atoms with Gasteiger partial charge in [-0.05, 0) is 97.0 Å². The molecule has 49 heavy (non-hydrogen) atoms. The Morgan fingerprint density at radius 2 is 1.45 bits per heavy atom. The predicted molar refractivity (Wildman–Crippen MR) is 178 cm³/mol. The van der Waals surface area contributed by atoms with Gasteiger partial charge in [0.1, 0.15) is 11.6 Å². The molecule has 3 N–H and O–H groups in total. The molecule has 0 aliphatic carbocycles. The van der Waals surface area contributed by atoms with Gasteiger partial charge in [-0.3, -0.25) is 14.4 Å². The van der Waals surface area contributed by atoms with Crippen LogP contribution in [0, 0.1) is 26.6 Å². The van der Waals surface area contributed by atoms with Crippen molar-refractivity contribution < 1.29 is 41.8 Å². The van der Waals surface area contributed by atoms with Crippen LogP contribution in [0.4, 0.5) is 17.6 Å². The Bertz CT molecular complexity index is 1780. The number of nitrogens with one attached hydrogen (secondary N) is 2. The second-order valence-corrected chi connectivity index (χ2v) is 12.0. The summed E-state index contributed by atoms with van der Waals surface area (Å²) in [5.74, 6) is -3.82. The molecule has 0 aromatic heterocycles. The number of rotatable bonds is 13. The molecule has 7 nitrogen and oxygen atoms in total. The van der Waals surface area contributed by atoms with Gasteiger partial charge in [0, 0.05) is 18.0 Å². The molecular formula is C38H38F4N2O5. The third kappa shape index (κ3) is 9.68. The molecule has 0 radical (unpaired) electrons. The number of hydrogen-bond acceptors (Lipinski definition) is 4. The number of ether oxygens (including phenoxy) is 1. The topological polar surface area (TPSA) is 105 Å². The van der Waals surface area contributed by atoms with Crippen LogP contribution in [0.25, 0.3) is 11.1 Å². The summed E-state index contributed by atoms with van der Waals surface area (Å²) in [5, 5.41) is 14.3. The quantitative estimate of drug-likeness (QED) is 0.123. The van der Waals surface area contributed by atoms with Crippen LogP contribution in [0.5, 0.6) is 5.75 Å². The van der Waals surface area contributed by atoms with Crippen LogP contribution < -0.4 is 15.4 Å². The summed E-state index contributed by atoms with van der Waals surface area (Å²) >= 11 is 0. The maximum Gasteiger partial charge on any atom is 0.573 e. The summed E-state index contributed by atoms with van der Waals surface area (Å²) in [5.41, 5.74) is 5.78. The summed E-state index contributed by atoms with van der Waals surface area (Å²) < 4.78 is 58.3. The zero-order chi connectivity index (χ0) is 35.9. The predicted octanol–water partition coefficient (Wildman–Crippen LogP) is 8.58. The van der Waals surface area contributed by atoms with Crippen molar-refractivity contribution in [2.75, 3.05) is 6.54 Å². The fraction of sp³-hybridized carbons (Fsp3) is 0.289. The summed E-state index contributed by atoms with van der Waals surface area (Å²) in [6.07, 6.45) is -3.95. The van der Waals surface area contributed by atoms with E-state index in [9.17, 15) is 27.6 Å². The first-order valence-corrected chi connectivity index (χ1v) is 15.8. The fourth-order valence-electron chi connectivity index (χ4n) is 6.11. The second kappa shape index (κ2) is 15.8. The monoisotopic (exact) mass is 678 g/mol. The number of benzene rings is 4. The molecule has 0 unspecified atom stereocenters. The van der Waals surface area contributed by atoms with Gasteiger partial charge < -0.3 is 20.5 Å². The Morgan fingerprint density at radius 1 is 0.837 bits per heavy atom. The van der Waals surface area contributed by atoms with Crippen LogP contribution in [-0.4, -0.2) is 35.8 Å². The van der Waals surface area contributed by atoms with E-state index < -0.39 is 47.7 Å². The number of alkyl halides is 3. The first-order valence-electron chi connectivity index (χ1n) is 15.8. The molecule has 0 spiro atoms.